The summed E-state index contributed by atoms with van der Waals surface area (Å²) < 4.78 is 4.45. The molecule has 1 unspecified atom stereocenters. The number of aliphatic hydroxyl groups is 2. The molecule has 0 aliphatic rings. The zero-order valence-corrected chi connectivity index (χ0v) is 5.66. The summed E-state index contributed by atoms with van der Waals surface area (Å²) >= 11 is 0. The van der Waals surface area contributed by atoms with Crippen molar-refractivity contribution in [2.45, 2.75) is 6.10 Å². The molecule has 5 nitrogen and oxygen atoms in total. The average Bonchev–Trinajstić information content (AvgIpc) is 1.82. The first-order chi connectivity index (χ1) is 4.20. The molecule has 0 aromatic heterocycles. The Morgan fingerprint density at radius 3 is 2.00 bits per heavy atom. The van der Waals surface area contributed by atoms with Crippen LogP contribution in [-0.4, -0.2) is 34.4 Å². The molecule has 0 aliphatic carbocycles. The molecule has 0 aliphatic heterocycles. The van der Waals surface area contributed by atoms with Gasteiger partial charge in [-0.2, -0.15) is 0 Å². The van der Waals surface area contributed by atoms with Crippen LogP contribution in [0.1, 0.15) is 0 Å². The molecule has 0 rings (SSSR count). The van der Waals surface area contributed by atoms with E-state index in [-0.39, 0.29) is 13.2 Å². The van der Waals surface area contributed by atoms with Crippen LogP contribution >= 0.6 is 8.53 Å². The Morgan fingerprint density at radius 1 is 1.44 bits per heavy atom. The van der Waals surface area contributed by atoms with E-state index < -0.39 is 14.6 Å². The van der Waals surface area contributed by atoms with E-state index in [4.69, 9.17) is 20.6 Å². The Balaban J connectivity index is 3.31. The molecule has 0 amide bonds. The highest BCUT2D eigenvalue weighted by molar-refractivity contribution is 7.43. The van der Waals surface area contributed by atoms with Crippen molar-refractivity contribution in [1.29, 1.82) is 0 Å². The lowest BCUT2D eigenvalue weighted by molar-refractivity contribution is 0.0641. The second kappa shape index (κ2) is 5.05. The van der Waals surface area contributed by atoms with Gasteiger partial charge in [0.05, 0.1) is 13.2 Å². The van der Waals surface area contributed by atoms with E-state index in [1.165, 1.54) is 0 Å². The summed E-state index contributed by atoms with van der Waals surface area (Å²) in [6.45, 7) is -0.680. The average molecular weight is 155 g/mol. The van der Waals surface area contributed by atoms with Crippen molar-refractivity contribution in [2.24, 2.45) is 5.50 Å². The van der Waals surface area contributed by atoms with Gasteiger partial charge in [0.25, 0.3) is 8.53 Å². The number of rotatable bonds is 4. The Labute approximate surface area is 54.0 Å². The van der Waals surface area contributed by atoms with Gasteiger partial charge in [0, 0.05) is 0 Å². The molecule has 0 fully saturated rings. The van der Waals surface area contributed by atoms with E-state index >= 15 is 0 Å². The Hall–Kier alpha value is 0.230. The first kappa shape index (κ1) is 9.23. The van der Waals surface area contributed by atoms with Gasteiger partial charge in [0.2, 0.25) is 0 Å². The minimum Gasteiger partial charge on any atom is -0.394 e. The summed E-state index contributed by atoms with van der Waals surface area (Å²) in [5.74, 6) is 0. The third kappa shape index (κ3) is 4.72. The highest BCUT2D eigenvalue weighted by atomic mass is 31.2. The van der Waals surface area contributed by atoms with Crippen molar-refractivity contribution in [3.05, 3.63) is 0 Å². The minimum atomic E-state index is -1.97. The number of nitrogens with two attached hydrogens (primary N) is 1. The lowest BCUT2D eigenvalue weighted by Gasteiger charge is -2.12. The molecule has 0 aromatic carbocycles. The van der Waals surface area contributed by atoms with Gasteiger partial charge in [-0.25, -0.2) is 0 Å². The maximum atomic E-state index is 8.38. The van der Waals surface area contributed by atoms with Gasteiger partial charge in [-0.05, 0) is 0 Å². The smallest absolute Gasteiger partial charge is 0.250 e. The fourth-order valence-electron chi connectivity index (χ4n) is 0.277. The van der Waals surface area contributed by atoms with E-state index in [2.05, 4.69) is 4.52 Å². The van der Waals surface area contributed by atoms with Crippen LogP contribution in [0.25, 0.3) is 0 Å². The quantitative estimate of drug-likeness (QED) is 0.372. The molecule has 0 spiro atoms. The molecule has 0 bridgehead atoms. The zero-order chi connectivity index (χ0) is 7.28. The van der Waals surface area contributed by atoms with E-state index in [0.29, 0.717) is 0 Å². The van der Waals surface area contributed by atoms with E-state index in [1.807, 2.05) is 0 Å². The summed E-state index contributed by atoms with van der Waals surface area (Å²) in [5, 5.41) is 16.7. The lowest BCUT2D eigenvalue weighted by atomic mass is 10.4. The van der Waals surface area contributed by atoms with Gasteiger partial charge in [-0.1, -0.05) is 0 Å². The van der Waals surface area contributed by atoms with Crippen LogP contribution in [0.15, 0.2) is 0 Å². The van der Waals surface area contributed by atoms with Crippen LogP contribution < -0.4 is 5.50 Å². The first-order valence-corrected chi connectivity index (χ1v) is 3.61. The van der Waals surface area contributed by atoms with Crippen molar-refractivity contribution in [1.82, 2.24) is 0 Å². The summed E-state index contributed by atoms with van der Waals surface area (Å²) in [7, 11) is -1.97. The van der Waals surface area contributed by atoms with E-state index in [9.17, 15) is 0 Å². The predicted molar refractivity (Wildman–Crippen MR) is 32.4 cm³/mol. The van der Waals surface area contributed by atoms with Gasteiger partial charge in [0.15, 0.2) is 0 Å². The Bertz CT molecular complexity index is 66.8. The molecule has 0 radical (unpaired) electrons. The maximum Gasteiger partial charge on any atom is 0.250 e. The van der Waals surface area contributed by atoms with Crippen LogP contribution in [-0.2, 0) is 4.52 Å². The summed E-state index contributed by atoms with van der Waals surface area (Å²) in [5.41, 5.74) is 4.82. The third-order valence-corrected chi connectivity index (χ3v) is 1.18. The molecular weight excluding hydrogens is 145 g/mol. The molecule has 9 heavy (non-hydrogen) atoms. The Kier molecular flexibility index (Phi) is 5.18. The topological polar surface area (TPSA) is 95.9 Å². The third-order valence-electron chi connectivity index (χ3n) is 0.664. The first-order valence-electron chi connectivity index (χ1n) is 2.33. The van der Waals surface area contributed by atoms with Crippen LogP contribution in [0, 0.1) is 0 Å². The second-order valence-corrected chi connectivity index (χ2v) is 2.21. The maximum absolute atomic E-state index is 8.38. The molecule has 0 aromatic rings. The van der Waals surface area contributed by atoms with Gasteiger partial charge in [-0.3, -0.25) is 5.50 Å². The van der Waals surface area contributed by atoms with Crippen LogP contribution in [0.5, 0.6) is 0 Å². The predicted octanol–water partition coefficient (Wildman–Crippen LogP) is -1.47. The van der Waals surface area contributed by atoms with Crippen molar-refractivity contribution in [3.8, 4) is 0 Å². The molecule has 0 saturated carbocycles. The highest BCUT2D eigenvalue weighted by Crippen LogP contribution is 2.21. The monoisotopic (exact) mass is 155 g/mol. The zero-order valence-electron chi connectivity index (χ0n) is 4.77. The van der Waals surface area contributed by atoms with Crippen molar-refractivity contribution < 1.29 is 19.6 Å². The van der Waals surface area contributed by atoms with Crippen molar-refractivity contribution >= 4 is 8.53 Å². The van der Waals surface area contributed by atoms with Crippen molar-refractivity contribution in [2.75, 3.05) is 13.2 Å². The summed E-state index contributed by atoms with van der Waals surface area (Å²) in [6, 6.07) is 0. The number of hydrogen-bond acceptors (Lipinski definition) is 5. The SMILES string of the molecule is NP(O)OC(CO)CO. The molecular formula is C3H10NO4P. The van der Waals surface area contributed by atoms with E-state index in [0.717, 1.165) is 0 Å². The largest absolute Gasteiger partial charge is 0.394 e. The summed E-state index contributed by atoms with van der Waals surface area (Å²) in [6.07, 6.45) is -0.758. The Morgan fingerprint density at radius 2 is 1.89 bits per heavy atom. The summed E-state index contributed by atoms with van der Waals surface area (Å²) in [4.78, 5) is 8.38. The van der Waals surface area contributed by atoms with Crippen LogP contribution in [0.4, 0.5) is 0 Å². The molecule has 0 heterocycles. The fourth-order valence-corrected chi connectivity index (χ4v) is 0.716. The highest BCUT2D eigenvalue weighted by Gasteiger charge is 2.08. The van der Waals surface area contributed by atoms with Crippen molar-refractivity contribution in [3.63, 3.8) is 0 Å². The van der Waals surface area contributed by atoms with Crippen LogP contribution in [0.3, 0.4) is 0 Å². The lowest BCUT2D eigenvalue weighted by Crippen LogP contribution is -2.20. The fraction of sp³-hybridized carbons (Fsp3) is 1.00. The molecule has 0 saturated heterocycles. The number of hydrogen-bond donors (Lipinski definition) is 4. The van der Waals surface area contributed by atoms with E-state index in [1.54, 1.807) is 0 Å². The molecule has 6 heteroatoms. The van der Waals surface area contributed by atoms with Gasteiger partial charge in [0.1, 0.15) is 6.10 Å². The van der Waals surface area contributed by atoms with Crippen LogP contribution in [0.2, 0.25) is 0 Å². The standard InChI is InChI=1S/C3H10NO4P/c4-9(7)8-3(1-5)2-6/h3,5-7H,1-2,4H2. The van der Waals surface area contributed by atoms with Gasteiger partial charge < -0.3 is 19.6 Å². The normalized spacial score (nSPS) is 14.3. The molecule has 5 N–H and O–H groups in total. The minimum absolute atomic E-state index is 0.340. The van der Waals surface area contributed by atoms with Gasteiger partial charge >= 0.3 is 0 Å². The molecule has 56 valence electrons. The second-order valence-electron chi connectivity index (χ2n) is 1.40. The molecule has 1 atom stereocenters. The number of aliphatic hydroxyl groups excluding tert-OH is 2. The van der Waals surface area contributed by atoms with Gasteiger partial charge in [-0.15, -0.1) is 0 Å².